The van der Waals surface area contributed by atoms with Crippen molar-refractivity contribution in [2.24, 2.45) is 50.2 Å². The van der Waals surface area contributed by atoms with E-state index in [1.165, 1.54) is 26.9 Å². The predicted octanol–water partition coefficient (Wildman–Crippen LogP) is 7.05. The Morgan fingerprint density at radius 3 is 2.12 bits per heavy atom. The molecule has 0 aromatic rings. The number of carbonyl (C=O) groups is 3. The molecule has 368 valence electrons. The monoisotopic (exact) mass is 919 g/mol. The first-order chi connectivity index (χ1) is 30.6. The van der Waals surface area contributed by atoms with Gasteiger partial charge in [-0.2, -0.15) is 0 Å². The standard InChI is InChI=1S/C50H78O15/c1-44(2)20-22-50(43(53)57-13)23-21-48(8)28(29(50)24-44)14-15-32-47(7)18-17-33(45(3,4)31(47)16-19-49(32,48)9)61-42-39(60-27-55-11)37(36(59-26-54-10)38(63-42)40(52)56-12)62-41-34(51)35-30(25-58-41)64-46(5,6)65-35/h14,29-33,35-39,41-42H,15-27H2,1-13H3/t29-,30-,31?,32+,33-,35-,36-,37-,38-,39+,41-,42+,47-,48+,49+,50-/m0/s1. The molecular formula is C50H78O15. The predicted molar refractivity (Wildman–Crippen MR) is 234 cm³/mol. The molecule has 15 nitrogen and oxygen atoms in total. The van der Waals surface area contributed by atoms with Gasteiger partial charge >= 0.3 is 11.9 Å². The molecule has 0 spiro atoms. The summed E-state index contributed by atoms with van der Waals surface area (Å²) >= 11 is 0. The van der Waals surface area contributed by atoms with Gasteiger partial charge < -0.3 is 56.8 Å². The second-order valence-electron chi connectivity index (χ2n) is 23.1. The summed E-state index contributed by atoms with van der Waals surface area (Å²) in [7, 11) is 5.80. The number of rotatable bonds is 12. The van der Waals surface area contributed by atoms with Gasteiger partial charge in [0, 0.05) is 14.2 Å². The molecule has 8 aliphatic rings. The van der Waals surface area contributed by atoms with Gasteiger partial charge in [-0.05, 0) is 123 Å². The molecule has 3 aliphatic heterocycles. The van der Waals surface area contributed by atoms with E-state index in [4.69, 9.17) is 56.8 Å². The highest BCUT2D eigenvalue weighted by atomic mass is 16.8. The van der Waals surface area contributed by atoms with Crippen LogP contribution in [-0.2, 0) is 71.2 Å². The number of hydrogen-bond donors (Lipinski definition) is 0. The minimum atomic E-state index is -1.40. The Bertz CT molecular complexity index is 1830. The maximum Gasteiger partial charge on any atom is 0.337 e. The zero-order chi connectivity index (χ0) is 47.1. The summed E-state index contributed by atoms with van der Waals surface area (Å²) in [5, 5.41) is 0. The Labute approximate surface area is 386 Å². The number of carbonyl (C=O) groups excluding carboxylic acids is 3. The average Bonchev–Trinajstić information content (AvgIpc) is 3.58. The van der Waals surface area contributed by atoms with Crippen LogP contribution in [0.4, 0.5) is 0 Å². The summed E-state index contributed by atoms with van der Waals surface area (Å²) in [4.78, 5) is 41.3. The van der Waals surface area contributed by atoms with Crippen molar-refractivity contribution in [1.82, 2.24) is 0 Å². The van der Waals surface area contributed by atoms with E-state index in [1.807, 2.05) is 0 Å². The lowest BCUT2D eigenvalue weighted by molar-refractivity contribution is -0.360. The molecular weight excluding hydrogens is 841 g/mol. The lowest BCUT2D eigenvalue weighted by Gasteiger charge is -2.71. The fraction of sp³-hybridized carbons (Fsp3) is 0.900. The molecule has 0 aromatic heterocycles. The van der Waals surface area contributed by atoms with Crippen molar-refractivity contribution in [3.63, 3.8) is 0 Å². The molecule has 0 radical (unpaired) electrons. The van der Waals surface area contributed by atoms with Crippen LogP contribution in [0.25, 0.3) is 0 Å². The van der Waals surface area contributed by atoms with Crippen molar-refractivity contribution in [2.75, 3.05) is 48.6 Å². The molecule has 0 amide bonds. The van der Waals surface area contributed by atoms with E-state index >= 15 is 0 Å². The van der Waals surface area contributed by atoms with Gasteiger partial charge in [0.2, 0.25) is 12.1 Å². The Balaban J connectivity index is 1.08. The van der Waals surface area contributed by atoms with E-state index < -0.39 is 72.2 Å². The van der Waals surface area contributed by atoms with Crippen molar-refractivity contribution in [3.8, 4) is 0 Å². The number of allylic oxidation sites excluding steroid dienone is 2. The van der Waals surface area contributed by atoms with Crippen LogP contribution in [0, 0.1) is 50.2 Å². The average molecular weight is 919 g/mol. The smallest absolute Gasteiger partial charge is 0.337 e. The third-order valence-electron chi connectivity index (χ3n) is 18.5. The van der Waals surface area contributed by atoms with Gasteiger partial charge in [0.1, 0.15) is 38.0 Å². The number of Topliss-reactive ketones (excluding diaryl/α,β-unsaturated/α-hetero) is 1. The second-order valence-corrected chi connectivity index (χ2v) is 23.1. The topological polar surface area (TPSA) is 162 Å². The van der Waals surface area contributed by atoms with Gasteiger partial charge in [-0.3, -0.25) is 9.59 Å². The maximum absolute atomic E-state index is 13.9. The van der Waals surface area contributed by atoms with Gasteiger partial charge in [-0.15, -0.1) is 0 Å². The first-order valence-electron chi connectivity index (χ1n) is 24.1. The zero-order valence-corrected chi connectivity index (χ0v) is 41.3. The quantitative estimate of drug-likeness (QED) is 0.0847. The number of hydrogen-bond acceptors (Lipinski definition) is 15. The summed E-state index contributed by atoms with van der Waals surface area (Å²) in [5.74, 6) is -1.30. The van der Waals surface area contributed by atoms with Crippen molar-refractivity contribution < 1.29 is 71.2 Å². The third-order valence-corrected chi connectivity index (χ3v) is 18.5. The van der Waals surface area contributed by atoms with Crippen molar-refractivity contribution in [2.45, 2.75) is 188 Å². The Hall–Kier alpha value is -2.05. The van der Waals surface area contributed by atoms with Gasteiger partial charge in [-0.1, -0.05) is 60.1 Å². The Morgan fingerprint density at radius 2 is 1.45 bits per heavy atom. The molecule has 3 saturated heterocycles. The van der Waals surface area contributed by atoms with Crippen LogP contribution < -0.4 is 0 Å². The highest BCUT2D eigenvalue weighted by Crippen LogP contribution is 2.76. The van der Waals surface area contributed by atoms with Crippen LogP contribution in [-0.4, -0.2) is 127 Å². The van der Waals surface area contributed by atoms with Crippen LogP contribution in [0.2, 0.25) is 0 Å². The van der Waals surface area contributed by atoms with Crippen molar-refractivity contribution in [3.05, 3.63) is 11.6 Å². The van der Waals surface area contributed by atoms with Gasteiger partial charge in [-0.25, -0.2) is 4.79 Å². The van der Waals surface area contributed by atoms with Crippen LogP contribution in [0.15, 0.2) is 11.6 Å². The van der Waals surface area contributed by atoms with E-state index in [2.05, 4.69) is 54.5 Å². The number of methoxy groups -OCH3 is 4. The molecule has 0 bridgehead atoms. The maximum atomic E-state index is 13.9. The Kier molecular flexibility index (Phi) is 13.5. The lowest BCUT2D eigenvalue weighted by atomic mass is 9.33. The number of ketones is 1. The van der Waals surface area contributed by atoms with E-state index in [0.717, 1.165) is 64.2 Å². The Morgan fingerprint density at radius 1 is 0.754 bits per heavy atom. The van der Waals surface area contributed by atoms with Gasteiger partial charge in [0.05, 0.1) is 32.3 Å². The van der Waals surface area contributed by atoms with Crippen molar-refractivity contribution >= 4 is 17.7 Å². The van der Waals surface area contributed by atoms with Gasteiger partial charge in [0.15, 0.2) is 24.3 Å². The van der Waals surface area contributed by atoms with Crippen LogP contribution in [0.3, 0.4) is 0 Å². The van der Waals surface area contributed by atoms with Gasteiger partial charge in [0.25, 0.3) is 0 Å². The minimum Gasteiger partial charge on any atom is -0.469 e. The molecule has 0 N–H and O–H groups in total. The molecule has 1 unspecified atom stereocenters. The zero-order valence-electron chi connectivity index (χ0n) is 41.3. The minimum absolute atomic E-state index is 0.0140. The largest absolute Gasteiger partial charge is 0.469 e. The molecule has 7 fully saturated rings. The number of ether oxygens (including phenoxy) is 12. The van der Waals surface area contributed by atoms with Crippen LogP contribution in [0.1, 0.15) is 127 Å². The molecule has 0 aromatic carbocycles. The van der Waals surface area contributed by atoms with E-state index in [9.17, 15) is 14.4 Å². The van der Waals surface area contributed by atoms with Crippen molar-refractivity contribution in [1.29, 1.82) is 0 Å². The first-order valence-corrected chi connectivity index (χ1v) is 24.1. The molecule has 8 rings (SSSR count). The summed E-state index contributed by atoms with van der Waals surface area (Å²) in [6, 6.07) is 0. The lowest BCUT2D eigenvalue weighted by Crippen LogP contribution is -2.67. The normalized spacial score (nSPS) is 46.0. The fourth-order valence-electron chi connectivity index (χ4n) is 15.1. The highest BCUT2D eigenvalue weighted by Gasteiger charge is 2.70. The third kappa shape index (κ3) is 8.08. The summed E-state index contributed by atoms with van der Waals surface area (Å²) in [5.41, 5.74) is 0.835. The van der Waals surface area contributed by atoms with Crippen LogP contribution in [0.5, 0.6) is 0 Å². The summed E-state index contributed by atoms with van der Waals surface area (Å²) in [6.07, 6.45) is 2.91. The second kappa shape index (κ2) is 17.7. The first kappa shape index (κ1) is 49.4. The molecule has 3 heterocycles. The number of fused-ring (bicyclic) bond motifs is 8. The highest BCUT2D eigenvalue weighted by molar-refractivity contribution is 5.88. The van der Waals surface area contributed by atoms with Crippen LogP contribution >= 0.6 is 0 Å². The summed E-state index contributed by atoms with van der Waals surface area (Å²) in [6.45, 7) is 20.1. The summed E-state index contributed by atoms with van der Waals surface area (Å²) < 4.78 is 72.2. The van der Waals surface area contributed by atoms with E-state index in [1.54, 1.807) is 21.0 Å². The van der Waals surface area contributed by atoms with E-state index in [0.29, 0.717) is 11.8 Å². The fourth-order valence-corrected chi connectivity index (χ4v) is 15.1. The molecule has 65 heavy (non-hydrogen) atoms. The van der Waals surface area contributed by atoms with E-state index in [-0.39, 0.29) is 65.3 Å². The molecule has 15 heteroatoms. The SMILES string of the molecule is COCO[C@H]1[C@H](O[C@H]2CC[C@@]3(C)C(CC[C@]4(C)[C@@H]3CC=C3[C@@H]5CC(C)(C)CC[C@]5(C(=O)OC)CC[C@]34C)C2(C)C)O[C@H](C(=O)OC)[C@@H](OCOC)[C@@H]1O[C@@H]1OC[C@@H]2OC(C)(C)O[C@@H]2C1=O. The number of esters is 2. The molecule has 4 saturated carbocycles. The molecule has 5 aliphatic carbocycles. The molecule has 16 atom stereocenters.